The lowest BCUT2D eigenvalue weighted by Gasteiger charge is -2.07. The van der Waals surface area contributed by atoms with Gasteiger partial charge in [-0.15, -0.1) is 0 Å². The minimum Gasteiger partial charge on any atom is -0.0901 e. The molecule has 0 aliphatic rings. The Balaban J connectivity index is 2.25. The summed E-state index contributed by atoms with van der Waals surface area (Å²) in [7, 11) is 0. The molecule has 0 radical (unpaired) electrons. The fourth-order valence-corrected chi connectivity index (χ4v) is 2.71. The summed E-state index contributed by atoms with van der Waals surface area (Å²) in [5.41, 5.74) is 5.43. The van der Waals surface area contributed by atoms with Crippen LogP contribution in [0.25, 0.3) is 0 Å². The van der Waals surface area contributed by atoms with E-state index < -0.39 is 0 Å². The van der Waals surface area contributed by atoms with Gasteiger partial charge >= 0.3 is 0 Å². The molecule has 2 rings (SSSR count). The monoisotopic (exact) mass is 242 g/mol. The first-order valence-electron chi connectivity index (χ1n) is 5.88. The first-order chi connectivity index (χ1) is 8.06. The van der Waals surface area contributed by atoms with Gasteiger partial charge < -0.3 is 0 Å². The molecule has 0 saturated heterocycles. The zero-order valence-electron chi connectivity index (χ0n) is 10.9. The second kappa shape index (κ2) is 4.97. The van der Waals surface area contributed by atoms with Crippen LogP contribution in [-0.4, -0.2) is 0 Å². The molecule has 2 aromatic rings. The van der Waals surface area contributed by atoms with Crippen molar-refractivity contribution in [3.05, 3.63) is 58.7 Å². The molecule has 0 aliphatic carbocycles. The first kappa shape index (κ1) is 12.3. The molecule has 0 amide bonds. The van der Waals surface area contributed by atoms with Crippen LogP contribution in [0.1, 0.15) is 22.3 Å². The van der Waals surface area contributed by atoms with Gasteiger partial charge in [-0.25, -0.2) is 0 Å². The highest BCUT2D eigenvalue weighted by atomic mass is 32.2. The molecule has 88 valence electrons. The Morgan fingerprint density at radius 3 is 1.35 bits per heavy atom. The Labute approximate surface area is 108 Å². The molecule has 0 bridgehead atoms. The molecule has 0 heterocycles. The average Bonchev–Trinajstić information content (AvgIpc) is 2.29. The van der Waals surface area contributed by atoms with E-state index in [-0.39, 0.29) is 0 Å². The Morgan fingerprint density at radius 2 is 1.00 bits per heavy atom. The molecular weight excluding hydrogens is 224 g/mol. The lowest BCUT2D eigenvalue weighted by atomic mass is 10.1. The van der Waals surface area contributed by atoms with Gasteiger partial charge in [0, 0.05) is 9.79 Å². The molecule has 0 nitrogen and oxygen atoms in total. The van der Waals surface area contributed by atoms with Crippen LogP contribution in [0.15, 0.2) is 46.2 Å². The first-order valence-corrected chi connectivity index (χ1v) is 6.70. The third kappa shape index (κ3) is 2.92. The van der Waals surface area contributed by atoms with E-state index >= 15 is 0 Å². The van der Waals surface area contributed by atoms with E-state index in [1.54, 1.807) is 0 Å². The lowest BCUT2D eigenvalue weighted by Crippen LogP contribution is -1.83. The summed E-state index contributed by atoms with van der Waals surface area (Å²) in [6.45, 7) is 8.64. The summed E-state index contributed by atoms with van der Waals surface area (Å²) < 4.78 is 0. The van der Waals surface area contributed by atoms with Crippen LogP contribution in [0.5, 0.6) is 0 Å². The van der Waals surface area contributed by atoms with Crippen molar-refractivity contribution >= 4 is 11.8 Å². The maximum Gasteiger partial charge on any atom is 0.0125 e. The maximum absolute atomic E-state index is 2.26. The molecular formula is C16H18S. The van der Waals surface area contributed by atoms with Crippen molar-refractivity contribution in [3.63, 3.8) is 0 Å². The van der Waals surface area contributed by atoms with Gasteiger partial charge in [-0.05, 0) is 74.2 Å². The van der Waals surface area contributed by atoms with E-state index in [1.807, 2.05) is 11.8 Å². The van der Waals surface area contributed by atoms with E-state index in [9.17, 15) is 0 Å². The zero-order chi connectivity index (χ0) is 12.4. The molecule has 1 heteroatoms. The van der Waals surface area contributed by atoms with Crippen molar-refractivity contribution in [2.45, 2.75) is 37.5 Å². The second-order valence-corrected chi connectivity index (χ2v) is 5.74. The SMILES string of the molecule is Cc1ccc(Sc2ccc(C)c(C)c2)cc1C. The summed E-state index contributed by atoms with van der Waals surface area (Å²) in [6, 6.07) is 13.3. The van der Waals surface area contributed by atoms with Crippen LogP contribution in [0, 0.1) is 27.7 Å². The Bertz CT molecular complexity index is 492. The van der Waals surface area contributed by atoms with Gasteiger partial charge in [-0.1, -0.05) is 23.9 Å². The molecule has 0 atom stereocenters. The summed E-state index contributed by atoms with van der Waals surface area (Å²) in [5, 5.41) is 0. The zero-order valence-corrected chi connectivity index (χ0v) is 11.7. The van der Waals surface area contributed by atoms with Crippen LogP contribution in [0.3, 0.4) is 0 Å². The fourth-order valence-electron chi connectivity index (χ4n) is 1.69. The van der Waals surface area contributed by atoms with E-state index in [4.69, 9.17) is 0 Å². The van der Waals surface area contributed by atoms with Gasteiger partial charge in [-0.3, -0.25) is 0 Å². The van der Waals surface area contributed by atoms with Gasteiger partial charge in [0.05, 0.1) is 0 Å². The van der Waals surface area contributed by atoms with Gasteiger partial charge in [-0.2, -0.15) is 0 Å². The van der Waals surface area contributed by atoms with Crippen molar-refractivity contribution in [3.8, 4) is 0 Å². The van der Waals surface area contributed by atoms with Gasteiger partial charge in [0.25, 0.3) is 0 Å². The smallest absolute Gasteiger partial charge is 0.0125 e. The molecule has 0 saturated carbocycles. The van der Waals surface area contributed by atoms with Crippen molar-refractivity contribution in [2.24, 2.45) is 0 Å². The third-order valence-electron chi connectivity index (χ3n) is 3.19. The van der Waals surface area contributed by atoms with Crippen LogP contribution in [0.4, 0.5) is 0 Å². The van der Waals surface area contributed by atoms with Crippen LogP contribution in [0.2, 0.25) is 0 Å². The largest absolute Gasteiger partial charge is 0.0901 e. The quantitative estimate of drug-likeness (QED) is 0.708. The molecule has 0 aromatic heterocycles. The van der Waals surface area contributed by atoms with Gasteiger partial charge in [0.1, 0.15) is 0 Å². The highest BCUT2D eigenvalue weighted by molar-refractivity contribution is 7.99. The molecule has 0 aliphatic heterocycles. The Hall–Kier alpha value is -1.21. The van der Waals surface area contributed by atoms with Crippen LogP contribution in [-0.2, 0) is 0 Å². The third-order valence-corrected chi connectivity index (χ3v) is 4.17. The fraction of sp³-hybridized carbons (Fsp3) is 0.250. The maximum atomic E-state index is 2.26. The molecule has 0 spiro atoms. The molecule has 17 heavy (non-hydrogen) atoms. The van der Waals surface area contributed by atoms with Crippen LogP contribution >= 0.6 is 11.8 Å². The standard InChI is InChI=1S/C16H18S/c1-11-5-7-15(9-13(11)3)17-16-8-6-12(2)14(4)10-16/h5-10H,1-4H3. The number of aryl methyl sites for hydroxylation is 4. The molecule has 0 fully saturated rings. The highest BCUT2D eigenvalue weighted by Crippen LogP contribution is 2.30. The highest BCUT2D eigenvalue weighted by Gasteiger charge is 2.01. The van der Waals surface area contributed by atoms with Crippen LogP contribution < -0.4 is 0 Å². The van der Waals surface area contributed by atoms with Crippen molar-refractivity contribution < 1.29 is 0 Å². The predicted molar refractivity (Wildman–Crippen MR) is 76.0 cm³/mol. The van der Waals surface area contributed by atoms with E-state index in [1.165, 1.54) is 32.0 Å². The number of hydrogen-bond donors (Lipinski definition) is 0. The number of benzene rings is 2. The van der Waals surface area contributed by atoms with E-state index in [2.05, 4.69) is 64.1 Å². The lowest BCUT2D eigenvalue weighted by molar-refractivity contribution is 1.26. The molecule has 0 N–H and O–H groups in total. The minimum absolute atomic E-state index is 1.32. The van der Waals surface area contributed by atoms with Gasteiger partial charge in [0.2, 0.25) is 0 Å². The summed E-state index contributed by atoms with van der Waals surface area (Å²) in [4.78, 5) is 2.63. The number of rotatable bonds is 2. The Morgan fingerprint density at radius 1 is 0.588 bits per heavy atom. The summed E-state index contributed by atoms with van der Waals surface area (Å²) in [6.07, 6.45) is 0. The normalized spacial score (nSPS) is 10.6. The van der Waals surface area contributed by atoms with Crippen molar-refractivity contribution in [1.82, 2.24) is 0 Å². The predicted octanol–water partition coefficient (Wildman–Crippen LogP) is 5.07. The summed E-state index contributed by atoms with van der Waals surface area (Å²) >= 11 is 1.83. The number of hydrogen-bond acceptors (Lipinski definition) is 1. The molecule has 2 aromatic carbocycles. The molecule has 0 unspecified atom stereocenters. The van der Waals surface area contributed by atoms with Crippen molar-refractivity contribution in [1.29, 1.82) is 0 Å². The van der Waals surface area contributed by atoms with E-state index in [0.29, 0.717) is 0 Å². The second-order valence-electron chi connectivity index (χ2n) is 4.59. The Kier molecular flexibility index (Phi) is 3.58. The summed E-state index contributed by atoms with van der Waals surface area (Å²) in [5.74, 6) is 0. The van der Waals surface area contributed by atoms with E-state index in [0.717, 1.165) is 0 Å². The van der Waals surface area contributed by atoms with Gasteiger partial charge in [0.15, 0.2) is 0 Å². The van der Waals surface area contributed by atoms with Crippen molar-refractivity contribution in [2.75, 3.05) is 0 Å². The topological polar surface area (TPSA) is 0 Å². The minimum atomic E-state index is 1.32. The average molecular weight is 242 g/mol.